The summed E-state index contributed by atoms with van der Waals surface area (Å²) in [6.45, 7) is 1.04. The van der Waals surface area contributed by atoms with Crippen molar-refractivity contribution in [1.82, 2.24) is 9.78 Å². The first kappa shape index (κ1) is 14.3. The fraction of sp³-hybridized carbons (Fsp3) is 0.375. The van der Waals surface area contributed by atoms with E-state index in [0.717, 1.165) is 6.42 Å². The zero-order chi connectivity index (χ0) is 14.8. The summed E-state index contributed by atoms with van der Waals surface area (Å²) >= 11 is 6.14. The zero-order valence-corrected chi connectivity index (χ0v) is 12.6. The van der Waals surface area contributed by atoms with Crippen molar-refractivity contribution in [2.45, 2.75) is 18.9 Å². The van der Waals surface area contributed by atoms with Crippen molar-refractivity contribution in [3.05, 3.63) is 52.8 Å². The molecule has 4 nitrogen and oxygen atoms in total. The second-order valence-corrected chi connectivity index (χ2v) is 5.69. The van der Waals surface area contributed by atoms with Gasteiger partial charge in [-0.25, -0.2) is 0 Å². The quantitative estimate of drug-likeness (QED) is 0.770. The number of ether oxygens (including phenoxy) is 1. The molecule has 2 unspecified atom stereocenters. The lowest BCUT2D eigenvalue weighted by atomic mass is 10.1. The number of methoxy groups -OCH3 is 1. The number of carbonyl (C=O) groups excluding carboxylic acids is 1. The molecule has 5 heteroatoms. The molecule has 0 N–H and O–H groups in total. The molecular weight excluding hydrogens is 288 g/mol. The lowest BCUT2D eigenvalue weighted by Gasteiger charge is -2.07. The van der Waals surface area contributed by atoms with Gasteiger partial charge in [0.1, 0.15) is 5.69 Å². The third-order valence-corrected chi connectivity index (χ3v) is 4.17. The minimum absolute atomic E-state index is 0.0166. The number of aromatic nitrogens is 2. The highest BCUT2D eigenvalue weighted by atomic mass is 35.5. The van der Waals surface area contributed by atoms with Gasteiger partial charge in [-0.1, -0.05) is 41.9 Å². The SMILES string of the molecule is COCCn1ncc(Cl)c1C(=O)C1CC1c1ccccc1. The zero-order valence-electron chi connectivity index (χ0n) is 11.8. The molecule has 1 heterocycles. The van der Waals surface area contributed by atoms with E-state index in [0.29, 0.717) is 29.8 Å². The van der Waals surface area contributed by atoms with E-state index < -0.39 is 0 Å². The fourth-order valence-corrected chi connectivity index (χ4v) is 2.92. The molecule has 110 valence electrons. The van der Waals surface area contributed by atoms with Crippen LogP contribution in [0.2, 0.25) is 5.02 Å². The third-order valence-electron chi connectivity index (χ3n) is 3.89. The number of halogens is 1. The molecule has 0 bridgehead atoms. The largest absolute Gasteiger partial charge is 0.383 e. The van der Waals surface area contributed by atoms with E-state index in [1.54, 1.807) is 11.8 Å². The molecule has 1 saturated carbocycles. The van der Waals surface area contributed by atoms with Crippen molar-refractivity contribution in [3.63, 3.8) is 0 Å². The van der Waals surface area contributed by atoms with Crippen LogP contribution in [-0.2, 0) is 11.3 Å². The molecule has 3 rings (SSSR count). The van der Waals surface area contributed by atoms with Crippen LogP contribution < -0.4 is 0 Å². The van der Waals surface area contributed by atoms with Crippen LogP contribution in [0, 0.1) is 5.92 Å². The van der Waals surface area contributed by atoms with Gasteiger partial charge in [0.25, 0.3) is 0 Å². The van der Waals surface area contributed by atoms with E-state index in [1.807, 2.05) is 18.2 Å². The van der Waals surface area contributed by atoms with Gasteiger partial charge in [0, 0.05) is 13.0 Å². The molecule has 1 fully saturated rings. The first-order valence-corrected chi connectivity index (χ1v) is 7.39. The summed E-state index contributed by atoms with van der Waals surface area (Å²) in [5, 5.41) is 4.59. The summed E-state index contributed by atoms with van der Waals surface area (Å²) in [5.41, 5.74) is 1.73. The Morgan fingerprint density at radius 2 is 2.19 bits per heavy atom. The molecule has 2 atom stereocenters. The summed E-state index contributed by atoms with van der Waals surface area (Å²) in [4.78, 5) is 12.7. The van der Waals surface area contributed by atoms with Crippen LogP contribution in [0.1, 0.15) is 28.4 Å². The van der Waals surface area contributed by atoms with Gasteiger partial charge in [0.2, 0.25) is 0 Å². The molecule has 0 spiro atoms. The normalized spacial score (nSPS) is 20.5. The molecule has 21 heavy (non-hydrogen) atoms. The Hall–Kier alpha value is -1.65. The number of hydrogen-bond donors (Lipinski definition) is 0. The van der Waals surface area contributed by atoms with Crippen LogP contribution in [0.25, 0.3) is 0 Å². The van der Waals surface area contributed by atoms with Gasteiger partial charge < -0.3 is 4.74 Å². The van der Waals surface area contributed by atoms with Crippen LogP contribution in [0.4, 0.5) is 0 Å². The summed E-state index contributed by atoms with van der Waals surface area (Å²) < 4.78 is 6.69. The maximum atomic E-state index is 12.7. The van der Waals surface area contributed by atoms with E-state index in [1.165, 1.54) is 11.8 Å². The first-order chi connectivity index (χ1) is 10.2. The van der Waals surface area contributed by atoms with Crippen molar-refractivity contribution in [2.75, 3.05) is 13.7 Å². The van der Waals surface area contributed by atoms with E-state index in [9.17, 15) is 4.79 Å². The monoisotopic (exact) mass is 304 g/mol. The predicted molar refractivity (Wildman–Crippen MR) is 80.7 cm³/mol. The first-order valence-electron chi connectivity index (χ1n) is 7.01. The number of hydrogen-bond acceptors (Lipinski definition) is 3. The molecule has 0 aliphatic heterocycles. The minimum atomic E-state index is 0.0166. The van der Waals surface area contributed by atoms with Crippen molar-refractivity contribution in [3.8, 4) is 0 Å². The second kappa shape index (κ2) is 6.00. The molecule has 2 aromatic rings. The van der Waals surface area contributed by atoms with Crippen molar-refractivity contribution >= 4 is 17.4 Å². The number of Topliss-reactive ketones (excluding diaryl/α,β-unsaturated/α-hetero) is 1. The smallest absolute Gasteiger partial charge is 0.186 e. The summed E-state index contributed by atoms with van der Waals surface area (Å²) in [6.07, 6.45) is 2.42. The van der Waals surface area contributed by atoms with E-state index in [4.69, 9.17) is 16.3 Å². The molecule has 0 radical (unpaired) electrons. The average Bonchev–Trinajstić information content (AvgIpc) is 3.23. The highest BCUT2D eigenvalue weighted by Crippen LogP contribution is 2.49. The highest BCUT2D eigenvalue weighted by molar-refractivity contribution is 6.33. The van der Waals surface area contributed by atoms with Crippen molar-refractivity contribution in [2.24, 2.45) is 5.92 Å². The molecule has 0 saturated heterocycles. The highest BCUT2D eigenvalue weighted by Gasteiger charge is 2.45. The van der Waals surface area contributed by atoms with E-state index in [-0.39, 0.29) is 11.7 Å². The van der Waals surface area contributed by atoms with Crippen molar-refractivity contribution in [1.29, 1.82) is 0 Å². The lowest BCUT2D eigenvalue weighted by Crippen LogP contribution is -2.15. The fourth-order valence-electron chi connectivity index (χ4n) is 2.68. The summed E-state index contributed by atoms with van der Waals surface area (Å²) in [6, 6.07) is 10.1. The number of rotatable bonds is 6. The molecule has 1 aliphatic carbocycles. The Morgan fingerprint density at radius 1 is 1.43 bits per heavy atom. The Morgan fingerprint density at radius 3 is 2.90 bits per heavy atom. The van der Waals surface area contributed by atoms with Crippen molar-refractivity contribution < 1.29 is 9.53 Å². The average molecular weight is 305 g/mol. The topological polar surface area (TPSA) is 44.1 Å². The lowest BCUT2D eigenvalue weighted by molar-refractivity contribution is 0.0951. The molecule has 1 aliphatic rings. The number of nitrogens with zero attached hydrogens (tertiary/aromatic N) is 2. The number of carbonyl (C=O) groups is 1. The van der Waals surface area contributed by atoms with Crippen LogP contribution in [0.15, 0.2) is 36.5 Å². The predicted octanol–water partition coefficient (Wildman–Crippen LogP) is 3.17. The van der Waals surface area contributed by atoms with Gasteiger partial charge in [0.05, 0.1) is 24.4 Å². The molecule has 1 aromatic carbocycles. The Balaban J connectivity index is 1.77. The van der Waals surface area contributed by atoms with Crippen LogP contribution in [-0.4, -0.2) is 29.3 Å². The van der Waals surface area contributed by atoms with E-state index >= 15 is 0 Å². The molecular formula is C16H17ClN2O2. The number of ketones is 1. The van der Waals surface area contributed by atoms with Gasteiger partial charge >= 0.3 is 0 Å². The van der Waals surface area contributed by atoms with Gasteiger partial charge in [-0.3, -0.25) is 9.48 Å². The number of benzene rings is 1. The van der Waals surface area contributed by atoms with E-state index in [2.05, 4.69) is 17.2 Å². The van der Waals surface area contributed by atoms with Crippen LogP contribution in [0.3, 0.4) is 0 Å². The van der Waals surface area contributed by atoms with Gasteiger partial charge in [0.15, 0.2) is 5.78 Å². The van der Waals surface area contributed by atoms with Gasteiger partial charge in [-0.15, -0.1) is 0 Å². The Kier molecular flexibility index (Phi) is 4.08. The molecule has 0 amide bonds. The molecule has 1 aromatic heterocycles. The van der Waals surface area contributed by atoms with Crippen LogP contribution >= 0.6 is 11.6 Å². The second-order valence-electron chi connectivity index (χ2n) is 5.28. The Bertz CT molecular complexity index is 639. The van der Waals surface area contributed by atoms with Crippen LogP contribution in [0.5, 0.6) is 0 Å². The standard InChI is InChI=1S/C16H17ClN2O2/c1-21-8-7-19-15(14(17)10-18-19)16(20)13-9-12(13)11-5-3-2-4-6-11/h2-6,10,12-13H,7-9H2,1H3. The third kappa shape index (κ3) is 2.87. The van der Waals surface area contributed by atoms with Gasteiger partial charge in [-0.05, 0) is 17.9 Å². The maximum absolute atomic E-state index is 12.7. The minimum Gasteiger partial charge on any atom is -0.383 e. The summed E-state index contributed by atoms with van der Waals surface area (Å²) in [7, 11) is 1.62. The maximum Gasteiger partial charge on any atom is 0.186 e. The summed E-state index contributed by atoms with van der Waals surface area (Å²) in [5.74, 6) is 0.408. The Labute approximate surface area is 128 Å². The van der Waals surface area contributed by atoms with Gasteiger partial charge in [-0.2, -0.15) is 5.10 Å².